The topological polar surface area (TPSA) is 39.7 Å². The number of halogens is 1. The third-order valence-electron chi connectivity index (χ3n) is 3.09. The summed E-state index contributed by atoms with van der Waals surface area (Å²) in [5, 5.41) is 4.03. The molecule has 1 N–H and O–H groups in total. The third kappa shape index (κ3) is 2.55. The Hall–Kier alpha value is -0.970. The van der Waals surface area contributed by atoms with Gasteiger partial charge >= 0.3 is 0 Å². The van der Waals surface area contributed by atoms with Crippen LogP contribution in [0, 0.1) is 0 Å². The molecular weight excluding hydrogens is 254 g/mol. The molecule has 5 heteroatoms. The van der Waals surface area contributed by atoms with Crippen LogP contribution in [0.2, 0.25) is 5.02 Å². The van der Waals surface area contributed by atoms with E-state index in [1.165, 1.54) is 0 Å². The number of fused-ring (bicyclic) bond motifs is 1. The van der Waals surface area contributed by atoms with Crippen LogP contribution in [0.1, 0.15) is 12.0 Å². The van der Waals surface area contributed by atoms with Crippen LogP contribution < -0.4 is 14.8 Å². The summed E-state index contributed by atoms with van der Waals surface area (Å²) in [6.45, 7) is 3.68. The SMILES string of the molecule is Clc1cc(CNC2COC2)cc2c1OCCCO2. The minimum atomic E-state index is 0.458. The second-order valence-electron chi connectivity index (χ2n) is 4.57. The maximum atomic E-state index is 6.23. The summed E-state index contributed by atoms with van der Waals surface area (Å²) in [6, 6.07) is 4.39. The molecule has 0 amide bonds. The van der Waals surface area contributed by atoms with E-state index in [1.807, 2.05) is 12.1 Å². The van der Waals surface area contributed by atoms with Gasteiger partial charge in [-0.1, -0.05) is 11.6 Å². The van der Waals surface area contributed by atoms with Crippen LogP contribution in [0.3, 0.4) is 0 Å². The van der Waals surface area contributed by atoms with Crippen molar-refractivity contribution in [2.75, 3.05) is 26.4 Å². The fourth-order valence-electron chi connectivity index (χ4n) is 2.00. The van der Waals surface area contributed by atoms with Gasteiger partial charge in [0.05, 0.1) is 37.5 Å². The number of nitrogens with one attached hydrogen (secondary N) is 1. The van der Waals surface area contributed by atoms with Crippen LogP contribution in [-0.2, 0) is 11.3 Å². The van der Waals surface area contributed by atoms with E-state index in [0.717, 1.165) is 37.5 Å². The Kier molecular flexibility index (Phi) is 3.59. The molecule has 4 nitrogen and oxygen atoms in total. The molecule has 0 atom stereocenters. The number of ether oxygens (including phenoxy) is 3. The molecule has 0 aromatic heterocycles. The van der Waals surface area contributed by atoms with E-state index >= 15 is 0 Å². The first kappa shape index (κ1) is 12.1. The van der Waals surface area contributed by atoms with Crippen molar-refractivity contribution >= 4 is 11.6 Å². The summed E-state index contributed by atoms with van der Waals surface area (Å²) < 4.78 is 16.4. The van der Waals surface area contributed by atoms with Crippen LogP contribution in [0.4, 0.5) is 0 Å². The Morgan fingerprint density at radius 1 is 1.22 bits per heavy atom. The van der Waals surface area contributed by atoms with Crippen molar-refractivity contribution in [1.29, 1.82) is 0 Å². The molecule has 0 saturated carbocycles. The summed E-state index contributed by atoms with van der Waals surface area (Å²) in [5.41, 5.74) is 1.11. The van der Waals surface area contributed by atoms with Crippen molar-refractivity contribution < 1.29 is 14.2 Å². The number of hydrogen-bond acceptors (Lipinski definition) is 4. The van der Waals surface area contributed by atoms with Crippen molar-refractivity contribution in [3.05, 3.63) is 22.7 Å². The van der Waals surface area contributed by atoms with E-state index in [9.17, 15) is 0 Å². The van der Waals surface area contributed by atoms with E-state index < -0.39 is 0 Å². The highest BCUT2D eigenvalue weighted by molar-refractivity contribution is 6.32. The van der Waals surface area contributed by atoms with Crippen molar-refractivity contribution in [2.45, 2.75) is 19.0 Å². The smallest absolute Gasteiger partial charge is 0.179 e. The van der Waals surface area contributed by atoms with Crippen molar-refractivity contribution in [2.24, 2.45) is 0 Å². The second kappa shape index (κ2) is 5.34. The molecule has 3 rings (SSSR count). The number of hydrogen-bond donors (Lipinski definition) is 1. The average molecular weight is 270 g/mol. The minimum absolute atomic E-state index is 0.458. The van der Waals surface area contributed by atoms with Gasteiger partial charge in [-0.2, -0.15) is 0 Å². The lowest BCUT2D eigenvalue weighted by molar-refractivity contribution is -0.00579. The molecule has 0 unspecified atom stereocenters. The van der Waals surface area contributed by atoms with E-state index in [2.05, 4.69) is 5.32 Å². The first-order valence-corrected chi connectivity index (χ1v) is 6.60. The van der Waals surface area contributed by atoms with Gasteiger partial charge in [0.15, 0.2) is 11.5 Å². The van der Waals surface area contributed by atoms with Gasteiger partial charge in [-0.05, 0) is 17.7 Å². The first-order valence-electron chi connectivity index (χ1n) is 6.22. The van der Waals surface area contributed by atoms with Crippen LogP contribution in [-0.4, -0.2) is 32.5 Å². The maximum absolute atomic E-state index is 6.23. The molecule has 0 bridgehead atoms. The van der Waals surface area contributed by atoms with Crippen molar-refractivity contribution in [3.63, 3.8) is 0 Å². The quantitative estimate of drug-likeness (QED) is 0.911. The molecule has 1 aromatic rings. The third-order valence-corrected chi connectivity index (χ3v) is 3.38. The van der Waals surface area contributed by atoms with E-state index in [1.54, 1.807) is 0 Å². The summed E-state index contributed by atoms with van der Waals surface area (Å²) in [7, 11) is 0. The molecule has 0 aliphatic carbocycles. The Bertz CT molecular complexity index is 434. The van der Waals surface area contributed by atoms with Crippen LogP contribution >= 0.6 is 11.6 Å². The van der Waals surface area contributed by atoms with Gasteiger partial charge in [0.1, 0.15) is 0 Å². The van der Waals surface area contributed by atoms with Crippen LogP contribution in [0.5, 0.6) is 11.5 Å². The normalized spacial score (nSPS) is 19.2. The molecule has 2 heterocycles. The van der Waals surface area contributed by atoms with E-state index in [-0.39, 0.29) is 0 Å². The summed E-state index contributed by atoms with van der Waals surface area (Å²) in [5.74, 6) is 1.42. The average Bonchev–Trinajstić information content (AvgIpc) is 2.52. The predicted molar refractivity (Wildman–Crippen MR) is 68.5 cm³/mol. The minimum Gasteiger partial charge on any atom is -0.489 e. The lowest BCUT2D eigenvalue weighted by atomic mass is 10.1. The van der Waals surface area contributed by atoms with Crippen LogP contribution in [0.15, 0.2) is 12.1 Å². The number of rotatable bonds is 3. The molecule has 1 fully saturated rings. The fraction of sp³-hybridized carbons (Fsp3) is 0.538. The largest absolute Gasteiger partial charge is 0.489 e. The fourth-order valence-corrected chi connectivity index (χ4v) is 2.29. The van der Waals surface area contributed by atoms with Crippen molar-refractivity contribution in [1.82, 2.24) is 5.32 Å². The van der Waals surface area contributed by atoms with Gasteiger partial charge in [0.25, 0.3) is 0 Å². The lowest BCUT2D eigenvalue weighted by Gasteiger charge is -2.27. The van der Waals surface area contributed by atoms with Gasteiger partial charge < -0.3 is 19.5 Å². The van der Waals surface area contributed by atoms with Gasteiger partial charge in [0.2, 0.25) is 0 Å². The molecule has 18 heavy (non-hydrogen) atoms. The van der Waals surface area contributed by atoms with Gasteiger partial charge in [0, 0.05) is 13.0 Å². The number of benzene rings is 1. The summed E-state index contributed by atoms with van der Waals surface area (Å²) in [4.78, 5) is 0. The second-order valence-corrected chi connectivity index (χ2v) is 4.98. The summed E-state index contributed by atoms with van der Waals surface area (Å²) >= 11 is 6.23. The highest BCUT2D eigenvalue weighted by atomic mass is 35.5. The molecule has 0 spiro atoms. The Balaban J connectivity index is 1.74. The van der Waals surface area contributed by atoms with Gasteiger partial charge in [-0.25, -0.2) is 0 Å². The Morgan fingerprint density at radius 3 is 2.83 bits per heavy atom. The molecule has 2 aliphatic heterocycles. The van der Waals surface area contributed by atoms with Crippen LogP contribution in [0.25, 0.3) is 0 Å². The zero-order chi connectivity index (χ0) is 12.4. The van der Waals surface area contributed by atoms with E-state index in [0.29, 0.717) is 30.0 Å². The molecule has 2 aliphatic rings. The summed E-state index contributed by atoms with van der Waals surface area (Å²) in [6.07, 6.45) is 0.887. The van der Waals surface area contributed by atoms with Gasteiger partial charge in [-0.15, -0.1) is 0 Å². The monoisotopic (exact) mass is 269 g/mol. The standard InChI is InChI=1S/C13H16ClNO3/c14-11-4-9(6-15-10-7-16-8-10)5-12-13(11)18-3-1-2-17-12/h4-5,10,15H,1-3,6-8H2. The zero-order valence-electron chi connectivity index (χ0n) is 10.1. The molecule has 98 valence electrons. The predicted octanol–water partition coefficient (Wildman–Crippen LogP) is 1.99. The van der Waals surface area contributed by atoms with E-state index in [4.69, 9.17) is 25.8 Å². The molecule has 1 saturated heterocycles. The first-order chi connectivity index (χ1) is 8.83. The lowest BCUT2D eigenvalue weighted by Crippen LogP contribution is -2.45. The maximum Gasteiger partial charge on any atom is 0.179 e. The Labute approximate surface area is 111 Å². The molecule has 0 radical (unpaired) electrons. The highest BCUT2D eigenvalue weighted by Gasteiger charge is 2.19. The van der Waals surface area contributed by atoms with Crippen molar-refractivity contribution in [3.8, 4) is 11.5 Å². The highest BCUT2D eigenvalue weighted by Crippen LogP contribution is 2.37. The zero-order valence-corrected chi connectivity index (χ0v) is 10.8. The molecular formula is C13H16ClNO3. The Morgan fingerprint density at radius 2 is 2.06 bits per heavy atom. The van der Waals surface area contributed by atoms with Gasteiger partial charge in [-0.3, -0.25) is 0 Å². The molecule has 1 aromatic carbocycles.